The van der Waals surface area contributed by atoms with Gasteiger partial charge < -0.3 is 9.80 Å². The number of hydrogen-bond acceptors (Lipinski definition) is 2. The van der Waals surface area contributed by atoms with Crippen LogP contribution in [0.15, 0.2) is 182 Å². The maximum Gasteiger partial charge on any atom is 0.0540 e. The molecule has 0 saturated carbocycles. The molecule has 1 aliphatic carbocycles. The van der Waals surface area contributed by atoms with Crippen LogP contribution in [0.25, 0.3) is 34.1 Å². The van der Waals surface area contributed by atoms with E-state index >= 15 is 0 Å². The third-order valence-electron chi connectivity index (χ3n) is 10.6. The minimum Gasteiger partial charge on any atom is -0.311 e. The highest BCUT2D eigenvalue weighted by atomic mass is 15.1. The number of rotatable bonds is 9. The molecule has 8 aromatic rings. The Morgan fingerprint density at radius 2 is 0.870 bits per heavy atom. The quantitative estimate of drug-likeness (QED) is 0.139. The fourth-order valence-electron chi connectivity index (χ4n) is 8.05. The fourth-order valence-corrected chi connectivity index (χ4v) is 8.05. The highest BCUT2D eigenvalue weighted by Gasteiger charge is 2.21. The fraction of sp³-hybridized carbons (Fsp3) is 0.0769. The molecule has 0 atom stereocenters. The van der Waals surface area contributed by atoms with Gasteiger partial charge in [0.05, 0.1) is 5.69 Å². The van der Waals surface area contributed by atoms with E-state index in [-0.39, 0.29) is 0 Å². The van der Waals surface area contributed by atoms with Gasteiger partial charge in [0.1, 0.15) is 0 Å². The molecule has 0 radical (unpaired) electrons. The lowest BCUT2D eigenvalue weighted by atomic mass is 10.00. The Morgan fingerprint density at radius 1 is 0.389 bits per heavy atom. The largest absolute Gasteiger partial charge is 0.311 e. The van der Waals surface area contributed by atoms with Crippen LogP contribution in [0.2, 0.25) is 0 Å². The number of para-hydroxylation sites is 2. The van der Waals surface area contributed by atoms with E-state index in [4.69, 9.17) is 0 Å². The summed E-state index contributed by atoms with van der Waals surface area (Å²) in [6.07, 6.45) is 6.62. The lowest BCUT2D eigenvalue weighted by molar-refractivity contribution is 1.02. The van der Waals surface area contributed by atoms with Crippen LogP contribution in [-0.4, -0.2) is 0 Å². The summed E-state index contributed by atoms with van der Waals surface area (Å²) in [5, 5.41) is 2.76. The molecule has 0 unspecified atom stereocenters. The highest BCUT2D eigenvalue weighted by molar-refractivity contribution is 6.03. The summed E-state index contributed by atoms with van der Waals surface area (Å²) in [6, 6.07) is 66.0. The Morgan fingerprint density at radius 3 is 1.46 bits per heavy atom. The van der Waals surface area contributed by atoms with Crippen LogP contribution in [0.1, 0.15) is 33.4 Å². The third kappa shape index (κ3) is 6.59. The highest BCUT2D eigenvalue weighted by Crippen LogP contribution is 2.43. The summed E-state index contributed by atoms with van der Waals surface area (Å²) in [7, 11) is 0. The molecule has 0 N–H and O–H groups in total. The SMILES string of the molecule is Cc1cc(C)cc(N(c2ccc(-c3ccc(/C=C/c4ccc(N(c5ccccc5)c5ccccc5)cc4)cc3)cc2)c2ccc3c4c(cccc24)CC3)c1. The van der Waals surface area contributed by atoms with Crippen LogP contribution in [0, 0.1) is 13.8 Å². The van der Waals surface area contributed by atoms with E-state index in [0.29, 0.717) is 0 Å². The predicted molar refractivity (Wildman–Crippen MR) is 231 cm³/mol. The van der Waals surface area contributed by atoms with Crippen LogP contribution >= 0.6 is 0 Å². The van der Waals surface area contributed by atoms with Crippen molar-refractivity contribution in [3.63, 3.8) is 0 Å². The molecule has 8 aromatic carbocycles. The predicted octanol–water partition coefficient (Wildman–Crippen LogP) is 14.3. The summed E-state index contributed by atoms with van der Waals surface area (Å²) in [5.74, 6) is 0. The molecule has 0 heterocycles. The Labute approximate surface area is 318 Å². The molecule has 260 valence electrons. The van der Waals surface area contributed by atoms with Crippen molar-refractivity contribution in [2.45, 2.75) is 26.7 Å². The van der Waals surface area contributed by atoms with Crippen molar-refractivity contribution in [2.75, 3.05) is 9.80 Å². The van der Waals surface area contributed by atoms with E-state index in [1.165, 1.54) is 61.1 Å². The van der Waals surface area contributed by atoms with Crippen LogP contribution in [0.4, 0.5) is 34.1 Å². The summed E-state index contributed by atoms with van der Waals surface area (Å²) < 4.78 is 0. The lowest BCUT2D eigenvalue weighted by Crippen LogP contribution is -2.11. The average molecular weight is 695 g/mol. The molecule has 0 fully saturated rings. The number of anilines is 6. The summed E-state index contributed by atoms with van der Waals surface area (Å²) in [6.45, 7) is 4.37. The van der Waals surface area contributed by atoms with Gasteiger partial charge in [-0.15, -0.1) is 0 Å². The van der Waals surface area contributed by atoms with Crippen molar-refractivity contribution in [1.29, 1.82) is 0 Å². The van der Waals surface area contributed by atoms with E-state index < -0.39 is 0 Å². The molecule has 2 nitrogen and oxygen atoms in total. The van der Waals surface area contributed by atoms with Gasteiger partial charge in [0.2, 0.25) is 0 Å². The zero-order valence-electron chi connectivity index (χ0n) is 30.8. The molecule has 0 aliphatic heterocycles. The molecular weight excluding hydrogens is 653 g/mol. The summed E-state index contributed by atoms with van der Waals surface area (Å²) in [4.78, 5) is 4.72. The second kappa shape index (κ2) is 14.4. The molecule has 2 heteroatoms. The van der Waals surface area contributed by atoms with Crippen LogP contribution < -0.4 is 9.80 Å². The van der Waals surface area contributed by atoms with Crippen molar-refractivity contribution in [2.24, 2.45) is 0 Å². The third-order valence-corrected chi connectivity index (χ3v) is 10.6. The topological polar surface area (TPSA) is 6.48 Å². The number of aryl methyl sites for hydroxylation is 4. The molecule has 54 heavy (non-hydrogen) atoms. The molecular formula is C52H42N2. The van der Waals surface area contributed by atoms with Crippen molar-refractivity contribution < 1.29 is 0 Å². The Hall–Kier alpha value is -6.64. The molecule has 0 amide bonds. The van der Waals surface area contributed by atoms with Gasteiger partial charge in [0, 0.05) is 33.8 Å². The average Bonchev–Trinajstić information content (AvgIpc) is 3.64. The number of nitrogens with zero attached hydrogens (tertiary/aromatic N) is 2. The van der Waals surface area contributed by atoms with Crippen molar-refractivity contribution in [1.82, 2.24) is 0 Å². The second-order valence-electron chi connectivity index (χ2n) is 14.4. The van der Waals surface area contributed by atoms with Crippen LogP contribution in [0.5, 0.6) is 0 Å². The van der Waals surface area contributed by atoms with Gasteiger partial charge in [-0.3, -0.25) is 0 Å². The van der Waals surface area contributed by atoms with Crippen LogP contribution in [0.3, 0.4) is 0 Å². The van der Waals surface area contributed by atoms with Crippen LogP contribution in [-0.2, 0) is 12.8 Å². The maximum absolute atomic E-state index is 2.44. The first-order valence-corrected chi connectivity index (χ1v) is 18.9. The normalized spacial score (nSPS) is 12.0. The van der Waals surface area contributed by atoms with Gasteiger partial charge >= 0.3 is 0 Å². The van der Waals surface area contributed by atoms with E-state index in [9.17, 15) is 0 Å². The Balaban J connectivity index is 0.959. The first-order valence-electron chi connectivity index (χ1n) is 18.9. The molecule has 9 rings (SSSR count). The van der Waals surface area contributed by atoms with Gasteiger partial charge in [0.25, 0.3) is 0 Å². The number of benzene rings is 8. The van der Waals surface area contributed by atoms with E-state index in [0.717, 1.165) is 41.2 Å². The zero-order valence-corrected chi connectivity index (χ0v) is 30.8. The Kier molecular flexibility index (Phi) is 8.86. The van der Waals surface area contributed by atoms with Gasteiger partial charge in [0.15, 0.2) is 0 Å². The van der Waals surface area contributed by atoms with Gasteiger partial charge in [-0.25, -0.2) is 0 Å². The van der Waals surface area contributed by atoms with Gasteiger partial charge in [-0.1, -0.05) is 127 Å². The maximum atomic E-state index is 2.44. The summed E-state index contributed by atoms with van der Waals surface area (Å²) in [5.41, 5.74) is 17.2. The zero-order chi connectivity index (χ0) is 36.4. The monoisotopic (exact) mass is 694 g/mol. The van der Waals surface area contributed by atoms with Crippen molar-refractivity contribution in [3.05, 3.63) is 215 Å². The smallest absolute Gasteiger partial charge is 0.0540 e. The molecule has 0 spiro atoms. The minimum atomic E-state index is 1.12. The standard InChI is InChI=1S/C52H42N2/c1-37-34-38(2)36-49(35-37)54(51-33-28-44-25-24-43-10-9-15-50(51)52(43)44)48-31-26-42(27-32-48)41-22-18-39(19-23-41)16-17-40-20-29-47(30-21-40)53(45-11-5-3-6-12-45)46-13-7-4-8-14-46/h3-23,26-36H,24-25H2,1-2H3/b17-16+. The van der Waals surface area contributed by atoms with E-state index in [2.05, 4.69) is 218 Å². The van der Waals surface area contributed by atoms with E-state index in [1.54, 1.807) is 0 Å². The second-order valence-corrected chi connectivity index (χ2v) is 14.4. The molecule has 0 bridgehead atoms. The molecule has 1 aliphatic rings. The lowest BCUT2D eigenvalue weighted by Gasteiger charge is -2.28. The van der Waals surface area contributed by atoms with Crippen molar-refractivity contribution in [3.8, 4) is 11.1 Å². The first-order chi connectivity index (χ1) is 26.6. The Bertz CT molecular complexity index is 2520. The number of hydrogen-bond donors (Lipinski definition) is 0. The van der Waals surface area contributed by atoms with E-state index in [1.807, 2.05) is 0 Å². The minimum absolute atomic E-state index is 1.12. The first kappa shape index (κ1) is 33.2. The van der Waals surface area contributed by atoms with Gasteiger partial charge in [-0.2, -0.15) is 0 Å². The molecule has 0 aromatic heterocycles. The summed E-state index contributed by atoms with van der Waals surface area (Å²) >= 11 is 0. The molecule has 0 saturated heterocycles. The van der Waals surface area contributed by atoms with Crippen molar-refractivity contribution >= 4 is 57.0 Å². The van der Waals surface area contributed by atoms with Gasteiger partial charge in [-0.05, 0) is 143 Å².